The fraction of sp³-hybridized carbons (Fsp3) is 0.333. The minimum atomic E-state index is -0.260. The highest BCUT2D eigenvalue weighted by Gasteiger charge is 2.44. The first kappa shape index (κ1) is 17.0. The van der Waals surface area contributed by atoms with Crippen LogP contribution in [0.15, 0.2) is 54.6 Å². The maximum atomic E-state index is 12.8. The summed E-state index contributed by atoms with van der Waals surface area (Å²) >= 11 is 5.67. The van der Waals surface area contributed by atoms with Crippen LogP contribution in [0.2, 0.25) is 0 Å². The van der Waals surface area contributed by atoms with Gasteiger partial charge in [0.25, 0.3) is 5.91 Å². The number of rotatable bonds is 4. The monoisotopic (exact) mass is 366 g/mol. The molecule has 0 spiro atoms. The molecular formula is C21H22N2O2S. The fourth-order valence-electron chi connectivity index (χ4n) is 3.82. The molecule has 1 atom stereocenters. The molecule has 1 saturated carbocycles. The standard InChI is InChI=1S/C21H22N2O2S/c1-15-20(24)23(16-7-5-6-8-16)21(26)22(15)17-11-13-19(14-12-17)25-18-9-3-2-4-10-18/h2-4,9-16H,5-8H2,1H3. The first-order chi connectivity index (χ1) is 12.6. The van der Waals surface area contributed by atoms with Crippen molar-refractivity contribution in [3.8, 4) is 11.5 Å². The molecule has 0 bridgehead atoms. The fourth-order valence-corrected chi connectivity index (χ4v) is 4.32. The summed E-state index contributed by atoms with van der Waals surface area (Å²) in [5, 5.41) is 0.631. The molecule has 2 aliphatic rings. The number of benzene rings is 2. The predicted octanol–water partition coefficient (Wildman–Crippen LogP) is 4.74. The Labute approximate surface area is 159 Å². The van der Waals surface area contributed by atoms with Crippen molar-refractivity contribution in [2.45, 2.75) is 44.7 Å². The minimum Gasteiger partial charge on any atom is -0.457 e. The lowest BCUT2D eigenvalue weighted by atomic mass is 10.2. The van der Waals surface area contributed by atoms with E-state index in [0.29, 0.717) is 5.11 Å². The molecule has 1 heterocycles. The highest BCUT2D eigenvalue weighted by molar-refractivity contribution is 7.80. The summed E-state index contributed by atoms with van der Waals surface area (Å²) in [7, 11) is 0. The number of carbonyl (C=O) groups is 1. The summed E-state index contributed by atoms with van der Waals surface area (Å²) in [5.74, 6) is 1.68. The van der Waals surface area contributed by atoms with Crippen molar-refractivity contribution in [2.24, 2.45) is 0 Å². The van der Waals surface area contributed by atoms with E-state index in [2.05, 4.69) is 0 Å². The lowest BCUT2D eigenvalue weighted by molar-refractivity contribution is -0.127. The van der Waals surface area contributed by atoms with Crippen LogP contribution >= 0.6 is 12.2 Å². The van der Waals surface area contributed by atoms with Crippen LogP contribution in [0.4, 0.5) is 5.69 Å². The molecule has 0 radical (unpaired) electrons. The summed E-state index contributed by atoms with van der Waals surface area (Å²) < 4.78 is 5.84. The van der Waals surface area contributed by atoms with Gasteiger partial charge in [-0.1, -0.05) is 31.0 Å². The van der Waals surface area contributed by atoms with Gasteiger partial charge in [0.2, 0.25) is 0 Å². The lowest BCUT2D eigenvalue weighted by Gasteiger charge is -2.25. The summed E-state index contributed by atoms with van der Waals surface area (Å²) in [6.07, 6.45) is 4.46. The molecule has 1 amide bonds. The van der Waals surface area contributed by atoms with Crippen LogP contribution in [-0.2, 0) is 4.79 Å². The van der Waals surface area contributed by atoms with Crippen molar-refractivity contribution < 1.29 is 9.53 Å². The minimum absolute atomic E-state index is 0.117. The largest absolute Gasteiger partial charge is 0.457 e. The third kappa shape index (κ3) is 3.07. The molecule has 134 valence electrons. The zero-order valence-electron chi connectivity index (χ0n) is 14.8. The summed E-state index contributed by atoms with van der Waals surface area (Å²) in [6.45, 7) is 1.93. The van der Waals surface area contributed by atoms with Gasteiger partial charge in [-0.3, -0.25) is 9.69 Å². The van der Waals surface area contributed by atoms with Crippen LogP contribution < -0.4 is 9.64 Å². The SMILES string of the molecule is CC1C(=O)N(C2CCCC2)C(=S)N1c1ccc(Oc2ccccc2)cc1. The Morgan fingerprint density at radius 1 is 0.923 bits per heavy atom. The number of anilines is 1. The molecule has 2 fully saturated rings. The Kier molecular flexibility index (Phi) is 4.64. The highest BCUT2D eigenvalue weighted by atomic mass is 32.1. The molecule has 4 rings (SSSR count). The Bertz CT molecular complexity index is 801. The molecule has 1 aliphatic heterocycles. The molecule has 1 unspecified atom stereocenters. The van der Waals surface area contributed by atoms with E-state index in [1.54, 1.807) is 0 Å². The summed E-state index contributed by atoms with van der Waals surface area (Å²) in [5.41, 5.74) is 0.928. The van der Waals surface area contributed by atoms with Crippen LogP contribution in [0.5, 0.6) is 11.5 Å². The Hall–Kier alpha value is -2.40. The number of carbonyl (C=O) groups excluding carboxylic acids is 1. The normalized spacial score (nSPS) is 20.9. The number of thiocarbonyl (C=S) groups is 1. The van der Waals surface area contributed by atoms with Crippen LogP contribution in [0.3, 0.4) is 0 Å². The van der Waals surface area contributed by atoms with Crippen molar-refractivity contribution in [2.75, 3.05) is 4.90 Å². The quantitative estimate of drug-likeness (QED) is 0.732. The zero-order valence-corrected chi connectivity index (χ0v) is 15.6. The van der Waals surface area contributed by atoms with E-state index >= 15 is 0 Å². The molecule has 1 aliphatic carbocycles. The van der Waals surface area contributed by atoms with E-state index in [1.807, 2.05) is 71.3 Å². The first-order valence-corrected chi connectivity index (χ1v) is 9.55. The third-order valence-electron chi connectivity index (χ3n) is 5.18. The average Bonchev–Trinajstić information content (AvgIpc) is 3.25. The van der Waals surface area contributed by atoms with Crippen molar-refractivity contribution in [1.29, 1.82) is 0 Å². The van der Waals surface area contributed by atoms with Crippen molar-refractivity contribution in [1.82, 2.24) is 4.90 Å². The van der Waals surface area contributed by atoms with Crippen molar-refractivity contribution >= 4 is 28.9 Å². The van der Waals surface area contributed by atoms with Gasteiger partial charge in [-0.2, -0.15) is 0 Å². The predicted molar refractivity (Wildman–Crippen MR) is 107 cm³/mol. The van der Waals surface area contributed by atoms with Crippen LogP contribution in [0.25, 0.3) is 0 Å². The number of para-hydroxylation sites is 1. The number of hydrogen-bond donors (Lipinski definition) is 0. The molecular weight excluding hydrogens is 344 g/mol. The Morgan fingerprint density at radius 3 is 2.19 bits per heavy atom. The van der Waals surface area contributed by atoms with E-state index in [0.717, 1.165) is 30.0 Å². The number of amides is 1. The van der Waals surface area contributed by atoms with Crippen molar-refractivity contribution in [3.05, 3.63) is 54.6 Å². The van der Waals surface area contributed by atoms with Gasteiger partial charge in [-0.15, -0.1) is 0 Å². The van der Waals surface area contributed by atoms with E-state index < -0.39 is 0 Å². The topological polar surface area (TPSA) is 32.8 Å². The number of ether oxygens (including phenoxy) is 1. The second-order valence-electron chi connectivity index (χ2n) is 6.88. The van der Waals surface area contributed by atoms with Gasteiger partial charge in [0.1, 0.15) is 17.5 Å². The van der Waals surface area contributed by atoms with Crippen molar-refractivity contribution in [3.63, 3.8) is 0 Å². The second-order valence-corrected chi connectivity index (χ2v) is 7.25. The molecule has 0 N–H and O–H groups in total. The van der Waals surface area contributed by atoms with Gasteiger partial charge in [0.05, 0.1) is 0 Å². The molecule has 1 saturated heterocycles. The molecule has 2 aromatic rings. The maximum absolute atomic E-state index is 12.8. The van der Waals surface area contributed by atoms with Crippen LogP contribution in [0.1, 0.15) is 32.6 Å². The summed E-state index contributed by atoms with van der Waals surface area (Å²) in [4.78, 5) is 16.6. The lowest BCUT2D eigenvalue weighted by Crippen LogP contribution is -2.39. The van der Waals surface area contributed by atoms with E-state index in [1.165, 1.54) is 12.8 Å². The van der Waals surface area contributed by atoms with E-state index in [4.69, 9.17) is 17.0 Å². The van der Waals surface area contributed by atoms with Gasteiger partial charge >= 0.3 is 0 Å². The molecule has 0 aromatic heterocycles. The van der Waals surface area contributed by atoms with Gasteiger partial charge in [-0.25, -0.2) is 0 Å². The average molecular weight is 366 g/mol. The summed E-state index contributed by atoms with van der Waals surface area (Å²) in [6, 6.07) is 17.5. The molecule has 2 aromatic carbocycles. The van der Waals surface area contributed by atoms with Gasteiger partial charge in [-0.05, 0) is 68.4 Å². The highest BCUT2D eigenvalue weighted by Crippen LogP contribution is 2.33. The Morgan fingerprint density at radius 2 is 1.54 bits per heavy atom. The van der Waals surface area contributed by atoms with E-state index in [9.17, 15) is 4.79 Å². The molecule has 4 nitrogen and oxygen atoms in total. The number of nitrogens with zero attached hydrogens (tertiary/aromatic N) is 2. The van der Waals surface area contributed by atoms with Crippen LogP contribution in [0, 0.1) is 0 Å². The smallest absolute Gasteiger partial charge is 0.251 e. The second kappa shape index (κ2) is 7.08. The molecule has 5 heteroatoms. The maximum Gasteiger partial charge on any atom is 0.251 e. The Balaban J connectivity index is 1.53. The van der Waals surface area contributed by atoms with Gasteiger partial charge < -0.3 is 9.64 Å². The zero-order chi connectivity index (χ0) is 18.1. The van der Waals surface area contributed by atoms with E-state index in [-0.39, 0.29) is 18.0 Å². The third-order valence-corrected chi connectivity index (χ3v) is 5.57. The first-order valence-electron chi connectivity index (χ1n) is 9.14. The number of hydrogen-bond acceptors (Lipinski definition) is 3. The van der Waals surface area contributed by atoms with Gasteiger partial charge in [0, 0.05) is 11.7 Å². The van der Waals surface area contributed by atoms with Gasteiger partial charge in [0.15, 0.2) is 5.11 Å². The van der Waals surface area contributed by atoms with Crippen LogP contribution in [-0.4, -0.2) is 28.0 Å². The molecule has 26 heavy (non-hydrogen) atoms.